The van der Waals surface area contributed by atoms with Crippen molar-refractivity contribution in [3.05, 3.63) is 39.9 Å². The van der Waals surface area contributed by atoms with Crippen LogP contribution in [0.4, 0.5) is 0 Å². The van der Waals surface area contributed by atoms with Crippen molar-refractivity contribution in [1.29, 1.82) is 0 Å². The van der Waals surface area contributed by atoms with Crippen LogP contribution in [0.3, 0.4) is 0 Å². The number of amides is 2. The summed E-state index contributed by atoms with van der Waals surface area (Å²) in [7, 11) is 0. The van der Waals surface area contributed by atoms with Crippen molar-refractivity contribution < 1.29 is 14.3 Å². The summed E-state index contributed by atoms with van der Waals surface area (Å²) in [6.07, 6.45) is 4.82. The van der Waals surface area contributed by atoms with E-state index in [0.29, 0.717) is 55.0 Å². The molecule has 2 heterocycles. The number of nitrogens with zero attached hydrogens (tertiary/aromatic N) is 2. The molecule has 2 aliphatic heterocycles. The maximum atomic E-state index is 12.7. The molecule has 3 rings (SSSR count). The number of likely N-dealkylation sites (tertiary alicyclic amines) is 1. The van der Waals surface area contributed by atoms with Crippen LogP contribution < -0.4 is 0 Å². The lowest BCUT2D eigenvalue weighted by Crippen LogP contribution is -2.49. The van der Waals surface area contributed by atoms with Gasteiger partial charge >= 0.3 is 0 Å². The molecule has 2 saturated heterocycles. The topological polar surface area (TPSA) is 49.9 Å². The maximum Gasteiger partial charge on any atom is 0.246 e. The summed E-state index contributed by atoms with van der Waals surface area (Å²) in [4.78, 5) is 28.8. The molecule has 2 aliphatic rings. The summed E-state index contributed by atoms with van der Waals surface area (Å²) in [6, 6.07) is 5.12. The Kier molecular flexibility index (Phi) is 6.57. The van der Waals surface area contributed by atoms with Gasteiger partial charge in [0.25, 0.3) is 0 Å². The Bertz CT molecular complexity index is 702. The molecule has 0 aliphatic carbocycles. The van der Waals surface area contributed by atoms with Gasteiger partial charge < -0.3 is 14.5 Å². The Morgan fingerprint density at radius 1 is 1.12 bits per heavy atom. The monoisotopic (exact) mass is 396 g/mol. The zero-order valence-electron chi connectivity index (χ0n) is 14.5. The number of piperidine rings is 1. The van der Waals surface area contributed by atoms with E-state index >= 15 is 0 Å². The van der Waals surface area contributed by atoms with Crippen molar-refractivity contribution in [1.82, 2.24) is 9.80 Å². The minimum absolute atomic E-state index is 0.111. The summed E-state index contributed by atoms with van der Waals surface area (Å²) in [5.41, 5.74) is 0.700. The number of rotatable bonds is 3. The molecule has 0 aromatic heterocycles. The van der Waals surface area contributed by atoms with E-state index in [-0.39, 0.29) is 17.7 Å². The second-order valence-corrected chi connectivity index (χ2v) is 7.40. The molecule has 1 atom stereocenters. The molecule has 1 aromatic rings. The quantitative estimate of drug-likeness (QED) is 0.737. The Morgan fingerprint density at radius 2 is 1.88 bits per heavy atom. The molecule has 1 aromatic carbocycles. The highest BCUT2D eigenvalue weighted by atomic mass is 35.5. The first-order valence-corrected chi connectivity index (χ1v) is 9.59. The number of ether oxygens (including phenoxy) is 1. The van der Waals surface area contributed by atoms with Gasteiger partial charge in [0.15, 0.2) is 0 Å². The zero-order chi connectivity index (χ0) is 18.5. The number of benzene rings is 1. The van der Waals surface area contributed by atoms with Gasteiger partial charge in [-0.25, -0.2) is 0 Å². The van der Waals surface area contributed by atoms with E-state index < -0.39 is 0 Å². The molecule has 7 heteroatoms. The number of carbonyl (C=O) groups is 2. The lowest BCUT2D eigenvalue weighted by atomic mass is 9.96. The van der Waals surface area contributed by atoms with Gasteiger partial charge in [0.2, 0.25) is 11.8 Å². The largest absolute Gasteiger partial charge is 0.378 e. The third kappa shape index (κ3) is 4.78. The molecule has 0 saturated carbocycles. The average molecular weight is 397 g/mol. The van der Waals surface area contributed by atoms with Gasteiger partial charge in [0.1, 0.15) is 0 Å². The summed E-state index contributed by atoms with van der Waals surface area (Å²) in [6.45, 7) is 3.57. The van der Waals surface area contributed by atoms with E-state index in [2.05, 4.69) is 0 Å². The third-order valence-corrected chi connectivity index (χ3v) is 5.35. The van der Waals surface area contributed by atoms with E-state index in [1.807, 2.05) is 4.90 Å². The molecular weight excluding hydrogens is 375 g/mol. The van der Waals surface area contributed by atoms with Crippen molar-refractivity contribution in [3.63, 3.8) is 0 Å². The third-order valence-electron chi connectivity index (χ3n) is 4.77. The molecule has 2 fully saturated rings. The molecule has 5 nitrogen and oxygen atoms in total. The van der Waals surface area contributed by atoms with Crippen LogP contribution in [-0.4, -0.2) is 61.0 Å². The fourth-order valence-electron chi connectivity index (χ4n) is 3.33. The summed E-state index contributed by atoms with van der Waals surface area (Å²) in [5.74, 6) is -0.109. The second kappa shape index (κ2) is 8.89. The van der Waals surface area contributed by atoms with Gasteiger partial charge in [-0.2, -0.15) is 0 Å². The zero-order valence-corrected chi connectivity index (χ0v) is 16.0. The standard InChI is InChI=1S/C19H22Cl2N2O3/c20-16-4-5-17(21)14(12-16)3-6-18(24)23-7-1-2-15(13-23)19(25)22-8-10-26-11-9-22/h3-6,12,15H,1-2,7-11,13H2/b6-3+. The smallest absolute Gasteiger partial charge is 0.246 e. The lowest BCUT2D eigenvalue weighted by Gasteiger charge is -2.35. The number of morpholine rings is 1. The normalized spacial score (nSPS) is 21.2. The number of hydrogen-bond donors (Lipinski definition) is 0. The molecule has 0 radical (unpaired) electrons. The van der Waals surface area contributed by atoms with Crippen LogP contribution in [-0.2, 0) is 14.3 Å². The van der Waals surface area contributed by atoms with Gasteiger partial charge in [-0.15, -0.1) is 0 Å². The molecular formula is C19H22Cl2N2O3. The summed E-state index contributed by atoms with van der Waals surface area (Å²) < 4.78 is 5.30. The molecule has 1 unspecified atom stereocenters. The minimum atomic E-state index is -0.131. The predicted octanol–water partition coefficient (Wildman–Crippen LogP) is 3.10. The molecule has 0 bridgehead atoms. The fraction of sp³-hybridized carbons (Fsp3) is 0.474. The van der Waals surface area contributed by atoms with Crippen molar-refractivity contribution >= 4 is 41.1 Å². The van der Waals surface area contributed by atoms with E-state index in [1.165, 1.54) is 6.08 Å². The van der Waals surface area contributed by atoms with Gasteiger partial charge in [-0.3, -0.25) is 9.59 Å². The van der Waals surface area contributed by atoms with Gasteiger partial charge in [-0.1, -0.05) is 23.2 Å². The fourth-order valence-corrected chi connectivity index (χ4v) is 3.69. The predicted molar refractivity (Wildman–Crippen MR) is 102 cm³/mol. The first kappa shape index (κ1) is 19.2. The number of hydrogen-bond acceptors (Lipinski definition) is 3. The maximum absolute atomic E-state index is 12.7. The Labute approximate surface area is 163 Å². The highest BCUT2D eigenvalue weighted by Crippen LogP contribution is 2.23. The highest BCUT2D eigenvalue weighted by Gasteiger charge is 2.31. The van der Waals surface area contributed by atoms with Crippen LogP contribution in [0.2, 0.25) is 10.0 Å². The second-order valence-electron chi connectivity index (χ2n) is 6.56. The van der Waals surface area contributed by atoms with E-state index in [0.717, 1.165) is 12.8 Å². The minimum Gasteiger partial charge on any atom is -0.378 e. The van der Waals surface area contributed by atoms with Crippen molar-refractivity contribution in [3.8, 4) is 0 Å². The summed E-state index contributed by atoms with van der Waals surface area (Å²) in [5, 5.41) is 1.10. The van der Waals surface area contributed by atoms with Crippen LogP contribution in [0.5, 0.6) is 0 Å². The number of halogens is 2. The molecule has 26 heavy (non-hydrogen) atoms. The van der Waals surface area contributed by atoms with Gasteiger partial charge in [0, 0.05) is 42.3 Å². The summed E-state index contributed by atoms with van der Waals surface area (Å²) >= 11 is 12.1. The molecule has 2 amide bonds. The first-order chi connectivity index (χ1) is 12.5. The Morgan fingerprint density at radius 3 is 2.65 bits per heavy atom. The van der Waals surface area contributed by atoms with Gasteiger partial charge in [-0.05, 0) is 42.7 Å². The molecule has 0 spiro atoms. The molecule has 140 valence electrons. The molecule has 0 N–H and O–H groups in total. The highest BCUT2D eigenvalue weighted by molar-refractivity contribution is 6.34. The van der Waals surface area contributed by atoms with Crippen molar-refractivity contribution in [2.24, 2.45) is 5.92 Å². The number of carbonyl (C=O) groups excluding carboxylic acids is 2. The first-order valence-electron chi connectivity index (χ1n) is 8.83. The van der Waals surface area contributed by atoms with E-state index in [9.17, 15) is 9.59 Å². The van der Waals surface area contributed by atoms with Crippen LogP contribution in [0.15, 0.2) is 24.3 Å². The van der Waals surface area contributed by atoms with E-state index in [4.69, 9.17) is 27.9 Å². The lowest BCUT2D eigenvalue weighted by molar-refractivity contribution is -0.143. The van der Waals surface area contributed by atoms with Crippen molar-refractivity contribution in [2.75, 3.05) is 39.4 Å². The van der Waals surface area contributed by atoms with Crippen LogP contribution >= 0.6 is 23.2 Å². The van der Waals surface area contributed by atoms with Crippen LogP contribution in [0.1, 0.15) is 18.4 Å². The van der Waals surface area contributed by atoms with Crippen molar-refractivity contribution in [2.45, 2.75) is 12.8 Å². The van der Waals surface area contributed by atoms with Gasteiger partial charge in [0.05, 0.1) is 19.1 Å². The van der Waals surface area contributed by atoms with E-state index in [1.54, 1.807) is 29.2 Å². The van der Waals surface area contributed by atoms with Crippen LogP contribution in [0.25, 0.3) is 6.08 Å². The Hall–Kier alpha value is -1.56. The average Bonchev–Trinajstić information content (AvgIpc) is 2.68. The Balaban J connectivity index is 1.61. The SMILES string of the molecule is O=C(/C=C/c1cc(Cl)ccc1Cl)N1CCCC(C(=O)N2CCOCC2)C1. The van der Waals surface area contributed by atoms with Crippen LogP contribution in [0, 0.1) is 5.92 Å².